The molecule has 0 amide bonds. The van der Waals surface area contributed by atoms with Crippen LogP contribution in [0.4, 0.5) is 0 Å². The normalized spacial score (nSPS) is 13.7. The van der Waals surface area contributed by atoms with Crippen molar-refractivity contribution in [2.24, 2.45) is 0 Å². The van der Waals surface area contributed by atoms with Crippen LogP contribution < -0.4 is 5.32 Å². The molecule has 100 valence electrons. The lowest BCUT2D eigenvalue weighted by molar-refractivity contribution is 0.478. The zero-order valence-electron chi connectivity index (χ0n) is 11.4. The van der Waals surface area contributed by atoms with Gasteiger partial charge in [-0.3, -0.25) is 0 Å². The molecule has 19 heavy (non-hydrogen) atoms. The summed E-state index contributed by atoms with van der Waals surface area (Å²) in [6.45, 7) is 3.86. The number of hydrogen-bond donors (Lipinski definition) is 1. The SMILES string of the molecule is CCCNCc1ncc(-c2ccc3c(c2)CCC3)o1. The first-order valence-electron chi connectivity index (χ1n) is 7.14. The van der Waals surface area contributed by atoms with Crippen LogP contribution in [-0.2, 0) is 19.4 Å². The molecule has 1 N–H and O–H groups in total. The van der Waals surface area contributed by atoms with E-state index in [0.717, 1.165) is 30.2 Å². The maximum absolute atomic E-state index is 5.80. The molecule has 0 unspecified atom stereocenters. The molecule has 3 heteroatoms. The van der Waals surface area contributed by atoms with Gasteiger partial charge in [-0.05, 0) is 49.4 Å². The Balaban J connectivity index is 1.75. The quantitative estimate of drug-likeness (QED) is 0.834. The topological polar surface area (TPSA) is 38.1 Å². The van der Waals surface area contributed by atoms with Crippen molar-refractivity contribution in [2.75, 3.05) is 6.54 Å². The molecule has 0 aliphatic heterocycles. The number of aromatic nitrogens is 1. The molecule has 0 atom stereocenters. The van der Waals surface area contributed by atoms with Crippen LogP contribution in [0.3, 0.4) is 0 Å². The summed E-state index contributed by atoms with van der Waals surface area (Å²) in [5.74, 6) is 1.65. The van der Waals surface area contributed by atoms with Crippen LogP contribution in [0.15, 0.2) is 28.8 Å². The number of aryl methyl sites for hydroxylation is 2. The van der Waals surface area contributed by atoms with Crippen molar-refractivity contribution in [3.8, 4) is 11.3 Å². The average Bonchev–Trinajstić information content (AvgIpc) is 3.06. The van der Waals surface area contributed by atoms with Gasteiger partial charge in [0.2, 0.25) is 5.89 Å². The molecular weight excluding hydrogens is 236 g/mol. The number of nitrogens with one attached hydrogen (secondary N) is 1. The van der Waals surface area contributed by atoms with E-state index in [4.69, 9.17) is 4.42 Å². The lowest BCUT2D eigenvalue weighted by atomic mass is 10.1. The zero-order chi connectivity index (χ0) is 13.1. The summed E-state index contributed by atoms with van der Waals surface area (Å²) >= 11 is 0. The molecule has 0 spiro atoms. The summed E-state index contributed by atoms with van der Waals surface area (Å²) in [6, 6.07) is 6.63. The third kappa shape index (κ3) is 2.71. The van der Waals surface area contributed by atoms with Gasteiger partial charge in [0.25, 0.3) is 0 Å². The predicted molar refractivity (Wildman–Crippen MR) is 76.0 cm³/mol. The second-order valence-corrected chi connectivity index (χ2v) is 5.13. The summed E-state index contributed by atoms with van der Waals surface area (Å²) in [7, 11) is 0. The molecule has 2 aromatic rings. The molecule has 1 aromatic heterocycles. The first-order chi connectivity index (χ1) is 9.36. The van der Waals surface area contributed by atoms with E-state index in [1.165, 1.54) is 30.4 Å². The van der Waals surface area contributed by atoms with Crippen molar-refractivity contribution in [3.05, 3.63) is 41.4 Å². The molecule has 0 radical (unpaired) electrons. The number of hydrogen-bond acceptors (Lipinski definition) is 3. The number of rotatable bonds is 5. The van der Waals surface area contributed by atoms with Gasteiger partial charge in [0.1, 0.15) is 0 Å². The van der Waals surface area contributed by atoms with Gasteiger partial charge in [0, 0.05) is 5.56 Å². The van der Waals surface area contributed by atoms with Gasteiger partial charge < -0.3 is 9.73 Å². The van der Waals surface area contributed by atoms with Gasteiger partial charge in [-0.15, -0.1) is 0 Å². The van der Waals surface area contributed by atoms with Crippen LogP contribution in [0.25, 0.3) is 11.3 Å². The van der Waals surface area contributed by atoms with Gasteiger partial charge in [-0.1, -0.05) is 19.1 Å². The molecule has 3 nitrogen and oxygen atoms in total. The van der Waals surface area contributed by atoms with Crippen molar-refractivity contribution in [2.45, 2.75) is 39.2 Å². The Hall–Kier alpha value is -1.61. The molecule has 0 bridgehead atoms. The van der Waals surface area contributed by atoms with Crippen LogP contribution in [-0.4, -0.2) is 11.5 Å². The van der Waals surface area contributed by atoms with Crippen molar-refractivity contribution < 1.29 is 4.42 Å². The van der Waals surface area contributed by atoms with E-state index in [1.807, 2.05) is 6.20 Å². The number of oxazole rings is 1. The van der Waals surface area contributed by atoms with Gasteiger partial charge in [0.05, 0.1) is 12.7 Å². The zero-order valence-corrected chi connectivity index (χ0v) is 11.4. The molecule has 1 aliphatic rings. The van der Waals surface area contributed by atoms with Gasteiger partial charge in [-0.2, -0.15) is 0 Å². The fraction of sp³-hybridized carbons (Fsp3) is 0.438. The third-order valence-corrected chi connectivity index (χ3v) is 3.64. The van der Waals surface area contributed by atoms with Gasteiger partial charge >= 0.3 is 0 Å². The second kappa shape index (κ2) is 5.57. The van der Waals surface area contributed by atoms with E-state index in [-0.39, 0.29) is 0 Å². The number of nitrogens with zero attached hydrogens (tertiary/aromatic N) is 1. The Morgan fingerprint density at radius 1 is 1.26 bits per heavy atom. The monoisotopic (exact) mass is 256 g/mol. The van der Waals surface area contributed by atoms with Crippen LogP contribution >= 0.6 is 0 Å². The van der Waals surface area contributed by atoms with Crippen LogP contribution in [0.1, 0.15) is 36.8 Å². The van der Waals surface area contributed by atoms with E-state index < -0.39 is 0 Å². The molecule has 0 saturated heterocycles. The van der Waals surface area contributed by atoms with E-state index in [2.05, 4.69) is 35.4 Å². The highest BCUT2D eigenvalue weighted by molar-refractivity contribution is 5.59. The summed E-state index contributed by atoms with van der Waals surface area (Å²) < 4.78 is 5.80. The average molecular weight is 256 g/mol. The standard InChI is InChI=1S/C16H20N2O/c1-2-8-17-11-16-18-10-15(19-16)14-7-6-12-4-3-5-13(12)9-14/h6-7,9-10,17H,2-5,8,11H2,1H3. The van der Waals surface area contributed by atoms with Crippen LogP contribution in [0.5, 0.6) is 0 Å². The summed E-state index contributed by atoms with van der Waals surface area (Å²) in [6.07, 6.45) is 6.65. The molecule has 1 aromatic carbocycles. The second-order valence-electron chi connectivity index (χ2n) is 5.13. The lowest BCUT2D eigenvalue weighted by Crippen LogP contribution is -2.13. The van der Waals surface area contributed by atoms with Crippen molar-refractivity contribution in [1.29, 1.82) is 0 Å². The molecule has 1 heterocycles. The first-order valence-corrected chi connectivity index (χ1v) is 7.14. The molecule has 0 saturated carbocycles. The molecular formula is C16H20N2O. The molecule has 0 fully saturated rings. The van der Waals surface area contributed by atoms with E-state index in [1.54, 1.807) is 0 Å². The highest BCUT2D eigenvalue weighted by Crippen LogP contribution is 2.28. The summed E-state index contributed by atoms with van der Waals surface area (Å²) in [5, 5.41) is 3.30. The van der Waals surface area contributed by atoms with Crippen molar-refractivity contribution in [1.82, 2.24) is 10.3 Å². The smallest absolute Gasteiger partial charge is 0.208 e. The van der Waals surface area contributed by atoms with Gasteiger partial charge in [-0.25, -0.2) is 4.98 Å². The largest absolute Gasteiger partial charge is 0.439 e. The van der Waals surface area contributed by atoms with E-state index in [0.29, 0.717) is 6.54 Å². The fourth-order valence-corrected chi connectivity index (χ4v) is 2.62. The highest BCUT2D eigenvalue weighted by Gasteiger charge is 2.13. The highest BCUT2D eigenvalue weighted by atomic mass is 16.4. The Kier molecular flexibility index (Phi) is 3.65. The Morgan fingerprint density at radius 2 is 2.16 bits per heavy atom. The Morgan fingerprint density at radius 3 is 3.05 bits per heavy atom. The minimum atomic E-state index is 0.707. The third-order valence-electron chi connectivity index (χ3n) is 3.64. The van der Waals surface area contributed by atoms with E-state index >= 15 is 0 Å². The number of benzene rings is 1. The van der Waals surface area contributed by atoms with Crippen LogP contribution in [0, 0.1) is 0 Å². The van der Waals surface area contributed by atoms with Gasteiger partial charge in [0.15, 0.2) is 5.76 Å². The molecule has 3 rings (SSSR count). The fourth-order valence-electron chi connectivity index (χ4n) is 2.62. The number of fused-ring (bicyclic) bond motifs is 1. The minimum absolute atomic E-state index is 0.707. The predicted octanol–water partition coefficient (Wildman–Crippen LogP) is 3.33. The summed E-state index contributed by atoms with van der Waals surface area (Å²) in [4.78, 5) is 4.33. The Bertz CT molecular complexity index is 560. The maximum Gasteiger partial charge on any atom is 0.208 e. The summed E-state index contributed by atoms with van der Waals surface area (Å²) in [5.41, 5.74) is 4.11. The Labute approximate surface area is 114 Å². The van der Waals surface area contributed by atoms with E-state index in [9.17, 15) is 0 Å². The molecule has 1 aliphatic carbocycles. The minimum Gasteiger partial charge on any atom is -0.439 e. The maximum atomic E-state index is 5.80. The van der Waals surface area contributed by atoms with Crippen molar-refractivity contribution in [3.63, 3.8) is 0 Å². The first kappa shape index (κ1) is 12.4. The lowest BCUT2D eigenvalue weighted by Gasteiger charge is -2.02. The van der Waals surface area contributed by atoms with Crippen molar-refractivity contribution >= 4 is 0 Å². The van der Waals surface area contributed by atoms with Crippen LogP contribution in [0.2, 0.25) is 0 Å².